The van der Waals surface area contributed by atoms with Crippen LogP contribution in [0.5, 0.6) is 0 Å². The number of nitrogens with zero attached hydrogens (tertiary/aromatic N) is 5. The van der Waals surface area contributed by atoms with Crippen LogP contribution in [-0.2, 0) is 30.5 Å². The third kappa shape index (κ3) is 5.47. The molecule has 0 saturated heterocycles. The van der Waals surface area contributed by atoms with Gasteiger partial charge in [0.05, 0.1) is 30.5 Å². The summed E-state index contributed by atoms with van der Waals surface area (Å²) in [6, 6.07) is -0.371. The predicted molar refractivity (Wildman–Crippen MR) is 107 cm³/mol. The number of hydrogen-bond donors (Lipinski definition) is 1. The smallest absolute Gasteiger partial charge is 0.419 e. The SMILES string of the molecule is C[C@@H](COCc1nc2c(o1)CN(c1ncc(C(F)(F)F)cn1)CC2)N(C(=O)O)C(C)(C)C. The average Bonchev–Trinajstić information content (AvgIpc) is 3.07. The van der Waals surface area contributed by atoms with Crippen molar-refractivity contribution in [2.24, 2.45) is 0 Å². The molecule has 0 unspecified atom stereocenters. The molecule has 0 aliphatic carbocycles. The van der Waals surface area contributed by atoms with Gasteiger partial charge in [-0.1, -0.05) is 0 Å². The number of aromatic nitrogens is 3. The Morgan fingerprint density at radius 1 is 1.31 bits per heavy atom. The van der Waals surface area contributed by atoms with Crippen molar-refractivity contribution in [2.75, 3.05) is 18.1 Å². The summed E-state index contributed by atoms with van der Waals surface area (Å²) in [6.45, 7) is 8.21. The highest BCUT2D eigenvalue weighted by atomic mass is 19.4. The topological polar surface area (TPSA) is 105 Å². The first-order valence-corrected chi connectivity index (χ1v) is 10.1. The third-order valence-corrected chi connectivity index (χ3v) is 4.98. The van der Waals surface area contributed by atoms with Gasteiger partial charge in [0.2, 0.25) is 11.8 Å². The second-order valence-electron chi connectivity index (χ2n) is 8.61. The van der Waals surface area contributed by atoms with Crippen molar-refractivity contribution in [3.8, 4) is 0 Å². The lowest BCUT2D eigenvalue weighted by atomic mass is 10.0. The minimum atomic E-state index is -4.49. The molecule has 9 nitrogen and oxygen atoms in total. The fourth-order valence-corrected chi connectivity index (χ4v) is 3.64. The van der Waals surface area contributed by atoms with E-state index < -0.39 is 23.4 Å². The van der Waals surface area contributed by atoms with Gasteiger partial charge in [-0.15, -0.1) is 0 Å². The number of fused-ring (bicyclic) bond motifs is 1. The van der Waals surface area contributed by atoms with Gasteiger partial charge in [0.25, 0.3) is 0 Å². The fraction of sp³-hybridized carbons (Fsp3) is 0.600. The van der Waals surface area contributed by atoms with Gasteiger partial charge < -0.3 is 19.2 Å². The highest BCUT2D eigenvalue weighted by molar-refractivity contribution is 5.66. The van der Waals surface area contributed by atoms with Gasteiger partial charge in [-0.2, -0.15) is 13.2 Å². The highest BCUT2D eigenvalue weighted by Gasteiger charge is 2.33. The maximum Gasteiger partial charge on any atom is 0.419 e. The summed E-state index contributed by atoms with van der Waals surface area (Å²) >= 11 is 0. The summed E-state index contributed by atoms with van der Waals surface area (Å²) < 4.78 is 49.5. The lowest BCUT2D eigenvalue weighted by Gasteiger charge is -2.37. The van der Waals surface area contributed by atoms with Crippen LogP contribution in [0.25, 0.3) is 0 Å². The first kappa shape index (κ1) is 23.8. The summed E-state index contributed by atoms with van der Waals surface area (Å²) in [5.74, 6) is 1.12. The van der Waals surface area contributed by atoms with Crippen LogP contribution in [0.3, 0.4) is 0 Å². The van der Waals surface area contributed by atoms with Crippen LogP contribution in [-0.4, -0.2) is 55.8 Å². The van der Waals surface area contributed by atoms with E-state index in [0.29, 0.717) is 24.6 Å². The van der Waals surface area contributed by atoms with Gasteiger partial charge in [-0.05, 0) is 27.7 Å². The quantitative estimate of drug-likeness (QED) is 0.700. The summed E-state index contributed by atoms with van der Waals surface area (Å²) in [7, 11) is 0. The van der Waals surface area contributed by atoms with Crippen LogP contribution in [0.1, 0.15) is 50.6 Å². The molecule has 3 rings (SSSR count). The molecule has 0 aromatic carbocycles. The minimum Gasteiger partial charge on any atom is -0.465 e. The van der Waals surface area contributed by atoms with Crippen molar-refractivity contribution in [1.29, 1.82) is 0 Å². The van der Waals surface area contributed by atoms with E-state index in [1.54, 1.807) is 11.8 Å². The van der Waals surface area contributed by atoms with Gasteiger partial charge >= 0.3 is 12.3 Å². The van der Waals surface area contributed by atoms with E-state index in [1.165, 1.54) is 4.90 Å². The number of carboxylic acid groups (broad SMARTS) is 1. The molecular weight excluding hydrogens is 431 g/mol. The van der Waals surface area contributed by atoms with Crippen molar-refractivity contribution in [1.82, 2.24) is 19.9 Å². The largest absolute Gasteiger partial charge is 0.465 e. The van der Waals surface area contributed by atoms with Crippen molar-refractivity contribution >= 4 is 12.0 Å². The zero-order chi connectivity index (χ0) is 23.7. The molecule has 0 bridgehead atoms. The Morgan fingerprint density at radius 2 is 1.97 bits per heavy atom. The predicted octanol–water partition coefficient (Wildman–Crippen LogP) is 3.73. The molecule has 2 aromatic heterocycles. The molecule has 1 N–H and O–H groups in total. The van der Waals surface area contributed by atoms with E-state index in [9.17, 15) is 23.1 Å². The maximum atomic E-state index is 12.7. The number of anilines is 1. The zero-order valence-corrected chi connectivity index (χ0v) is 18.3. The van der Waals surface area contributed by atoms with Crippen LogP contribution in [0.4, 0.5) is 23.9 Å². The monoisotopic (exact) mass is 457 g/mol. The molecule has 2 aromatic rings. The van der Waals surface area contributed by atoms with Crippen LogP contribution < -0.4 is 4.90 Å². The van der Waals surface area contributed by atoms with Crippen molar-refractivity contribution in [3.05, 3.63) is 35.3 Å². The first-order chi connectivity index (χ1) is 14.9. The Hall–Kier alpha value is -2.89. The van der Waals surface area contributed by atoms with Gasteiger partial charge in [-0.3, -0.25) is 4.90 Å². The zero-order valence-electron chi connectivity index (χ0n) is 18.3. The summed E-state index contributed by atoms with van der Waals surface area (Å²) in [6.07, 6.45) is -3.46. The van der Waals surface area contributed by atoms with Gasteiger partial charge in [0.15, 0.2) is 0 Å². The lowest BCUT2D eigenvalue weighted by molar-refractivity contribution is -0.138. The normalized spacial score (nSPS) is 15.4. The van der Waals surface area contributed by atoms with Gasteiger partial charge in [0, 0.05) is 30.9 Å². The molecule has 32 heavy (non-hydrogen) atoms. The van der Waals surface area contributed by atoms with E-state index in [-0.39, 0.29) is 31.7 Å². The number of carbonyl (C=O) groups is 1. The number of ether oxygens (including phenoxy) is 1. The number of alkyl halides is 3. The van der Waals surface area contributed by atoms with Gasteiger partial charge in [0.1, 0.15) is 12.4 Å². The fourth-order valence-electron chi connectivity index (χ4n) is 3.64. The number of halogens is 3. The molecule has 0 saturated carbocycles. The highest BCUT2D eigenvalue weighted by Crippen LogP contribution is 2.29. The third-order valence-electron chi connectivity index (χ3n) is 4.98. The molecule has 0 radical (unpaired) electrons. The standard InChI is InChI=1S/C20H26F3N5O4/c1-12(28(18(29)30)19(2,3)4)10-31-11-16-26-14-5-6-27(9-15(14)32-16)17-24-7-13(8-25-17)20(21,22)23/h7-8,12H,5-6,9-11H2,1-4H3,(H,29,30)/t12-/m0/s1. The molecule has 0 spiro atoms. The molecule has 1 aliphatic heterocycles. The Kier molecular flexibility index (Phi) is 6.63. The van der Waals surface area contributed by atoms with E-state index in [1.807, 2.05) is 20.8 Å². The van der Waals surface area contributed by atoms with Crippen LogP contribution in [0, 0.1) is 0 Å². The molecule has 0 fully saturated rings. The van der Waals surface area contributed by atoms with Crippen molar-refractivity contribution in [2.45, 2.75) is 65.0 Å². The summed E-state index contributed by atoms with van der Waals surface area (Å²) in [4.78, 5) is 26.6. The molecule has 176 valence electrons. The first-order valence-electron chi connectivity index (χ1n) is 10.1. The Morgan fingerprint density at radius 3 is 2.53 bits per heavy atom. The Balaban J connectivity index is 1.58. The number of rotatable bonds is 6. The van der Waals surface area contributed by atoms with Gasteiger partial charge in [-0.25, -0.2) is 19.7 Å². The second-order valence-corrected chi connectivity index (χ2v) is 8.61. The summed E-state index contributed by atoms with van der Waals surface area (Å²) in [5.41, 5.74) is -0.720. The van der Waals surface area contributed by atoms with E-state index in [0.717, 1.165) is 18.1 Å². The van der Waals surface area contributed by atoms with Crippen molar-refractivity contribution < 1.29 is 32.2 Å². The summed E-state index contributed by atoms with van der Waals surface area (Å²) in [5, 5.41) is 9.45. The van der Waals surface area contributed by atoms with Crippen molar-refractivity contribution in [3.63, 3.8) is 0 Å². The van der Waals surface area contributed by atoms with E-state index in [2.05, 4.69) is 15.0 Å². The molecule has 3 heterocycles. The maximum absolute atomic E-state index is 12.7. The van der Waals surface area contributed by atoms with Crippen LogP contribution in [0.2, 0.25) is 0 Å². The molecule has 1 atom stereocenters. The lowest BCUT2D eigenvalue weighted by Crippen LogP contribution is -2.51. The molecule has 12 heteroatoms. The minimum absolute atomic E-state index is 0.0751. The Bertz CT molecular complexity index is 940. The number of hydrogen-bond acceptors (Lipinski definition) is 7. The molecular formula is C20H26F3N5O4. The molecule has 1 aliphatic rings. The van der Waals surface area contributed by atoms with E-state index >= 15 is 0 Å². The number of amides is 1. The van der Waals surface area contributed by atoms with Crippen LogP contribution in [0.15, 0.2) is 16.8 Å². The molecule has 1 amide bonds. The van der Waals surface area contributed by atoms with E-state index in [4.69, 9.17) is 9.15 Å². The second kappa shape index (κ2) is 8.93. The number of oxazole rings is 1. The Labute approximate surface area is 183 Å². The average molecular weight is 457 g/mol. The van der Waals surface area contributed by atoms with Crippen LogP contribution >= 0.6 is 0 Å².